The second-order valence-corrected chi connectivity index (χ2v) is 5.83. The molecule has 0 spiro atoms. The van der Waals surface area contributed by atoms with Crippen LogP contribution in [-0.2, 0) is 14.3 Å². The van der Waals surface area contributed by atoms with Gasteiger partial charge in [-0.1, -0.05) is 11.6 Å². The molecule has 1 aromatic carbocycles. The largest absolute Gasteiger partial charge is 0.381 e. The Labute approximate surface area is 134 Å². The van der Waals surface area contributed by atoms with Crippen molar-refractivity contribution >= 4 is 34.8 Å². The summed E-state index contributed by atoms with van der Waals surface area (Å²) in [6.07, 6.45) is 1.20. The average molecular weight is 326 g/mol. The van der Waals surface area contributed by atoms with Crippen LogP contribution in [0.1, 0.15) is 19.8 Å². The highest BCUT2D eigenvalue weighted by Gasteiger charge is 2.38. The zero-order valence-corrected chi connectivity index (χ0v) is 13.2. The van der Waals surface area contributed by atoms with Gasteiger partial charge in [-0.25, -0.2) is 0 Å². The van der Waals surface area contributed by atoms with E-state index < -0.39 is 5.41 Å². The first-order valence-corrected chi connectivity index (χ1v) is 7.51. The third-order valence-corrected chi connectivity index (χ3v) is 4.19. The Bertz CT molecular complexity index is 571. The zero-order chi connectivity index (χ0) is 16.2. The standard InChI is InChI=1S/C15H20ClN3O3/c1-10(20)18-13-8-11(2-3-12(13)16)19-14(21)15(9-17)4-6-22-7-5-15/h2-3,8H,4-7,9,17H2,1H3,(H,18,20)(H,19,21). The van der Waals surface area contributed by atoms with Crippen molar-refractivity contribution < 1.29 is 14.3 Å². The maximum atomic E-state index is 12.6. The van der Waals surface area contributed by atoms with E-state index in [-0.39, 0.29) is 18.4 Å². The Morgan fingerprint density at radius 3 is 2.59 bits per heavy atom. The van der Waals surface area contributed by atoms with Crippen LogP contribution in [0.5, 0.6) is 0 Å². The van der Waals surface area contributed by atoms with Gasteiger partial charge in [0, 0.05) is 32.4 Å². The Morgan fingerprint density at radius 1 is 1.32 bits per heavy atom. The number of ether oxygens (including phenoxy) is 1. The number of rotatable bonds is 4. The maximum absolute atomic E-state index is 12.6. The third kappa shape index (κ3) is 3.76. The van der Waals surface area contributed by atoms with Gasteiger partial charge in [0.25, 0.3) is 0 Å². The van der Waals surface area contributed by atoms with Crippen LogP contribution in [-0.4, -0.2) is 31.6 Å². The maximum Gasteiger partial charge on any atom is 0.232 e. The quantitative estimate of drug-likeness (QED) is 0.789. The molecule has 2 amide bonds. The topological polar surface area (TPSA) is 93.5 Å². The van der Waals surface area contributed by atoms with E-state index in [1.54, 1.807) is 18.2 Å². The molecular weight excluding hydrogens is 306 g/mol. The molecule has 0 atom stereocenters. The van der Waals surface area contributed by atoms with E-state index in [4.69, 9.17) is 22.1 Å². The molecule has 7 heteroatoms. The van der Waals surface area contributed by atoms with Crippen molar-refractivity contribution in [1.82, 2.24) is 0 Å². The van der Waals surface area contributed by atoms with E-state index in [1.165, 1.54) is 6.92 Å². The molecule has 22 heavy (non-hydrogen) atoms. The fourth-order valence-corrected chi connectivity index (χ4v) is 2.60. The van der Waals surface area contributed by atoms with Gasteiger partial charge in [-0.15, -0.1) is 0 Å². The molecule has 0 aliphatic carbocycles. The number of benzene rings is 1. The lowest BCUT2D eigenvalue weighted by Crippen LogP contribution is -2.46. The minimum atomic E-state index is -0.605. The molecular formula is C15H20ClN3O3. The SMILES string of the molecule is CC(=O)Nc1cc(NC(=O)C2(CN)CCOCC2)ccc1Cl. The van der Waals surface area contributed by atoms with Gasteiger partial charge in [0.15, 0.2) is 0 Å². The first kappa shape index (κ1) is 16.7. The Kier molecular flexibility index (Phi) is 5.39. The summed E-state index contributed by atoms with van der Waals surface area (Å²) in [6.45, 7) is 2.73. The Balaban J connectivity index is 2.15. The van der Waals surface area contributed by atoms with Crippen LogP contribution in [0.3, 0.4) is 0 Å². The van der Waals surface area contributed by atoms with Gasteiger partial charge in [-0.2, -0.15) is 0 Å². The molecule has 6 nitrogen and oxygen atoms in total. The third-order valence-electron chi connectivity index (χ3n) is 3.86. The number of anilines is 2. The molecule has 1 aliphatic rings. The molecule has 1 fully saturated rings. The van der Waals surface area contributed by atoms with Gasteiger partial charge < -0.3 is 21.1 Å². The first-order valence-electron chi connectivity index (χ1n) is 7.13. The lowest BCUT2D eigenvalue weighted by molar-refractivity contribution is -0.130. The van der Waals surface area contributed by atoms with Gasteiger partial charge in [0.2, 0.25) is 11.8 Å². The molecule has 0 aromatic heterocycles. The number of nitrogens with two attached hydrogens (primary N) is 1. The average Bonchev–Trinajstić information content (AvgIpc) is 2.50. The monoisotopic (exact) mass is 325 g/mol. The van der Waals surface area contributed by atoms with Crippen molar-refractivity contribution in [2.45, 2.75) is 19.8 Å². The van der Waals surface area contributed by atoms with Gasteiger partial charge in [0.1, 0.15) is 0 Å². The van der Waals surface area contributed by atoms with Crippen molar-refractivity contribution in [1.29, 1.82) is 0 Å². The molecule has 0 saturated carbocycles. The van der Waals surface area contributed by atoms with Crippen LogP contribution < -0.4 is 16.4 Å². The second kappa shape index (κ2) is 7.09. The van der Waals surface area contributed by atoms with Gasteiger partial charge in [-0.05, 0) is 31.0 Å². The van der Waals surface area contributed by atoms with Crippen molar-refractivity contribution in [2.24, 2.45) is 11.1 Å². The van der Waals surface area contributed by atoms with E-state index >= 15 is 0 Å². The van der Waals surface area contributed by atoms with Gasteiger partial charge in [-0.3, -0.25) is 9.59 Å². The van der Waals surface area contributed by atoms with Crippen molar-refractivity contribution in [3.05, 3.63) is 23.2 Å². The number of carbonyl (C=O) groups excluding carboxylic acids is 2. The Morgan fingerprint density at radius 2 is 2.00 bits per heavy atom. The fraction of sp³-hybridized carbons (Fsp3) is 0.467. The van der Waals surface area contributed by atoms with Crippen LogP contribution in [0, 0.1) is 5.41 Å². The number of amides is 2. The predicted molar refractivity (Wildman–Crippen MR) is 85.9 cm³/mol. The molecule has 0 unspecified atom stereocenters. The van der Waals surface area contributed by atoms with Crippen LogP contribution in [0.4, 0.5) is 11.4 Å². The molecule has 1 aromatic rings. The van der Waals surface area contributed by atoms with Crippen molar-refractivity contribution in [2.75, 3.05) is 30.4 Å². The second-order valence-electron chi connectivity index (χ2n) is 5.43. The number of halogens is 1. The molecule has 1 heterocycles. The van der Waals surface area contributed by atoms with Crippen LogP contribution in [0.2, 0.25) is 5.02 Å². The van der Waals surface area contributed by atoms with E-state index in [0.29, 0.717) is 42.5 Å². The fourth-order valence-electron chi connectivity index (χ4n) is 2.44. The molecule has 1 aliphatic heterocycles. The smallest absolute Gasteiger partial charge is 0.232 e. The highest BCUT2D eigenvalue weighted by molar-refractivity contribution is 6.33. The summed E-state index contributed by atoms with van der Waals surface area (Å²) in [5.41, 5.74) is 6.24. The highest BCUT2D eigenvalue weighted by Crippen LogP contribution is 2.32. The Hall–Kier alpha value is -1.63. The minimum absolute atomic E-state index is 0.130. The van der Waals surface area contributed by atoms with Gasteiger partial charge in [0.05, 0.1) is 16.1 Å². The lowest BCUT2D eigenvalue weighted by Gasteiger charge is -2.34. The van der Waals surface area contributed by atoms with Crippen LogP contribution in [0.25, 0.3) is 0 Å². The number of carbonyl (C=O) groups is 2. The summed E-state index contributed by atoms with van der Waals surface area (Å²) < 4.78 is 5.31. The van der Waals surface area contributed by atoms with E-state index in [0.717, 1.165) is 0 Å². The summed E-state index contributed by atoms with van der Waals surface area (Å²) >= 11 is 6.02. The van der Waals surface area contributed by atoms with Crippen molar-refractivity contribution in [3.8, 4) is 0 Å². The number of nitrogens with one attached hydrogen (secondary N) is 2. The number of hydrogen-bond donors (Lipinski definition) is 3. The summed E-state index contributed by atoms with van der Waals surface area (Å²) in [4.78, 5) is 23.7. The van der Waals surface area contributed by atoms with E-state index in [2.05, 4.69) is 10.6 Å². The molecule has 0 bridgehead atoms. The molecule has 0 radical (unpaired) electrons. The normalized spacial score (nSPS) is 16.9. The van der Waals surface area contributed by atoms with Crippen LogP contribution in [0.15, 0.2) is 18.2 Å². The van der Waals surface area contributed by atoms with E-state index in [9.17, 15) is 9.59 Å². The predicted octanol–water partition coefficient (Wildman–Crippen LogP) is 1.99. The number of hydrogen-bond acceptors (Lipinski definition) is 4. The minimum Gasteiger partial charge on any atom is -0.381 e. The van der Waals surface area contributed by atoms with Crippen molar-refractivity contribution in [3.63, 3.8) is 0 Å². The molecule has 1 saturated heterocycles. The summed E-state index contributed by atoms with van der Waals surface area (Å²) in [6, 6.07) is 4.95. The molecule has 120 valence electrons. The van der Waals surface area contributed by atoms with Gasteiger partial charge >= 0.3 is 0 Å². The molecule has 4 N–H and O–H groups in total. The first-order chi connectivity index (χ1) is 10.5. The zero-order valence-electron chi connectivity index (χ0n) is 12.4. The molecule has 2 rings (SSSR count). The lowest BCUT2D eigenvalue weighted by atomic mass is 9.79. The summed E-state index contributed by atoms with van der Waals surface area (Å²) in [5, 5.41) is 5.89. The highest BCUT2D eigenvalue weighted by atomic mass is 35.5. The van der Waals surface area contributed by atoms with Crippen LogP contribution >= 0.6 is 11.6 Å². The summed E-state index contributed by atoms with van der Waals surface area (Å²) in [7, 11) is 0. The van der Waals surface area contributed by atoms with E-state index in [1.807, 2.05) is 0 Å². The summed E-state index contributed by atoms with van der Waals surface area (Å²) in [5.74, 6) is -0.359.